The third-order valence-corrected chi connectivity index (χ3v) is 5.89. The van der Waals surface area contributed by atoms with Gasteiger partial charge in [-0.1, -0.05) is 85.8 Å². The van der Waals surface area contributed by atoms with Gasteiger partial charge in [-0.25, -0.2) is 0 Å². The first kappa shape index (κ1) is 27.5. The van der Waals surface area contributed by atoms with E-state index in [0.29, 0.717) is 5.75 Å². The number of nitrogens with one attached hydrogen (secondary N) is 2. The zero-order valence-electron chi connectivity index (χ0n) is 21.0. The number of benzene rings is 2. The molecule has 0 aliphatic carbocycles. The average Bonchev–Trinajstić information content (AvgIpc) is 2.90. The molecule has 0 saturated carbocycles. The number of para-hydroxylation sites is 1. The van der Waals surface area contributed by atoms with Gasteiger partial charge in [0.1, 0.15) is 11.8 Å². The van der Waals surface area contributed by atoms with E-state index in [2.05, 4.69) is 17.2 Å². The van der Waals surface area contributed by atoms with Gasteiger partial charge in [0.05, 0.1) is 19.1 Å². The number of cyclic esters (lactones) is 1. The second-order valence-corrected chi connectivity index (χ2v) is 8.81. The Morgan fingerprint density at radius 2 is 1.70 bits per heavy atom. The summed E-state index contributed by atoms with van der Waals surface area (Å²) in [6, 6.07) is 17.4. The van der Waals surface area contributed by atoms with Crippen LogP contribution in [0.15, 0.2) is 91.5 Å². The predicted molar refractivity (Wildman–Crippen MR) is 144 cm³/mol. The van der Waals surface area contributed by atoms with Gasteiger partial charge in [0, 0.05) is 6.42 Å². The van der Waals surface area contributed by atoms with E-state index in [1.165, 1.54) is 0 Å². The Morgan fingerprint density at radius 1 is 1.00 bits per heavy atom. The Kier molecular flexibility index (Phi) is 10.7. The first-order chi connectivity index (χ1) is 18.0. The van der Waals surface area contributed by atoms with Crippen LogP contribution in [0.5, 0.6) is 5.75 Å². The van der Waals surface area contributed by atoms with Crippen molar-refractivity contribution in [2.24, 2.45) is 5.92 Å². The maximum atomic E-state index is 13.3. The summed E-state index contributed by atoms with van der Waals surface area (Å²) < 4.78 is 11.2. The number of carbonyl (C=O) groups excluding carboxylic acids is 3. The molecular weight excluding hydrogens is 468 g/mol. The summed E-state index contributed by atoms with van der Waals surface area (Å²) in [4.78, 5) is 38.8. The van der Waals surface area contributed by atoms with Crippen molar-refractivity contribution in [2.75, 3.05) is 6.61 Å². The smallest absolute Gasteiger partial charge is 0.309 e. The Bertz CT molecular complexity index is 1100. The molecule has 7 heteroatoms. The second-order valence-electron chi connectivity index (χ2n) is 8.81. The van der Waals surface area contributed by atoms with Gasteiger partial charge in [-0.2, -0.15) is 0 Å². The number of hydrogen-bond donors (Lipinski definition) is 2. The highest BCUT2D eigenvalue weighted by atomic mass is 16.5. The van der Waals surface area contributed by atoms with Crippen molar-refractivity contribution in [3.8, 4) is 5.75 Å². The molecule has 0 bridgehead atoms. The van der Waals surface area contributed by atoms with Crippen LogP contribution in [-0.4, -0.2) is 42.6 Å². The van der Waals surface area contributed by atoms with Crippen LogP contribution in [-0.2, 0) is 19.1 Å². The molecule has 2 N–H and O–H groups in total. The number of hydrogen-bond acceptors (Lipinski definition) is 5. The molecule has 2 aromatic rings. The summed E-state index contributed by atoms with van der Waals surface area (Å²) in [5.74, 6) is -0.839. The lowest BCUT2D eigenvalue weighted by Gasteiger charge is -2.25. The number of amides is 2. The summed E-state index contributed by atoms with van der Waals surface area (Å²) >= 11 is 0. The van der Waals surface area contributed by atoms with Crippen LogP contribution in [0, 0.1) is 5.92 Å². The van der Waals surface area contributed by atoms with Gasteiger partial charge in [0.15, 0.2) is 6.10 Å². The zero-order valence-corrected chi connectivity index (χ0v) is 21.0. The highest BCUT2D eigenvalue weighted by Gasteiger charge is 2.28. The van der Waals surface area contributed by atoms with E-state index in [0.717, 1.165) is 5.56 Å². The van der Waals surface area contributed by atoms with E-state index >= 15 is 0 Å². The van der Waals surface area contributed by atoms with Crippen LogP contribution < -0.4 is 15.4 Å². The molecule has 7 nitrogen and oxygen atoms in total. The van der Waals surface area contributed by atoms with Crippen molar-refractivity contribution < 1.29 is 23.9 Å². The van der Waals surface area contributed by atoms with Crippen molar-refractivity contribution in [2.45, 2.75) is 44.4 Å². The highest BCUT2D eigenvalue weighted by Crippen LogP contribution is 2.15. The largest absolute Gasteiger partial charge is 0.480 e. The van der Waals surface area contributed by atoms with E-state index in [-0.39, 0.29) is 43.7 Å². The molecule has 4 atom stereocenters. The molecular formula is C30H34N2O5. The van der Waals surface area contributed by atoms with Gasteiger partial charge in [0.25, 0.3) is 5.91 Å². The van der Waals surface area contributed by atoms with Crippen molar-refractivity contribution in [1.29, 1.82) is 0 Å². The van der Waals surface area contributed by atoms with E-state index in [1.807, 2.05) is 61.5 Å². The van der Waals surface area contributed by atoms with Crippen LogP contribution in [0.25, 0.3) is 6.08 Å². The molecule has 1 heterocycles. The molecule has 0 spiro atoms. The van der Waals surface area contributed by atoms with E-state index in [4.69, 9.17) is 9.47 Å². The van der Waals surface area contributed by atoms with Crippen molar-refractivity contribution in [1.82, 2.24) is 10.6 Å². The predicted octanol–water partition coefficient (Wildman–Crippen LogP) is 4.22. The number of esters is 1. The Hall–Kier alpha value is -4.13. The highest BCUT2D eigenvalue weighted by molar-refractivity contribution is 5.90. The molecule has 3 rings (SSSR count). The van der Waals surface area contributed by atoms with E-state index in [9.17, 15) is 14.4 Å². The molecule has 0 saturated heterocycles. The van der Waals surface area contributed by atoms with Crippen LogP contribution in [0.1, 0.15) is 31.7 Å². The normalized spacial score (nSPS) is 24.6. The standard InChI is InChI=1S/C30H34N2O5/c1-3-11-26-29(34)31-25(19-18-23-13-6-4-7-14-23)22(2)12-10-17-28(33)36-21-20-27(30(35)32-26)37-24-15-8-5-9-16-24/h3-10,12-16,18-19,22,25-27H,1,11,17,20-21H2,2H3,(H,31,34)(H,32,35)/b12-10+,19-18+/t22-,25-,26+,27?/m1/s1. The average molecular weight is 503 g/mol. The molecule has 194 valence electrons. The zero-order chi connectivity index (χ0) is 26.5. The second kappa shape index (κ2) is 14.4. The third-order valence-electron chi connectivity index (χ3n) is 5.89. The number of ether oxygens (including phenoxy) is 2. The Morgan fingerprint density at radius 3 is 2.41 bits per heavy atom. The fourth-order valence-electron chi connectivity index (χ4n) is 3.81. The monoisotopic (exact) mass is 502 g/mol. The lowest BCUT2D eigenvalue weighted by atomic mass is 9.98. The molecule has 0 fully saturated rings. The number of carbonyl (C=O) groups is 3. The minimum absolute atomic E-state index is 0.00784. The maximum absolute atomic E-state index is 13.3. The first-order valence-electron chi connectivity index (χ1n) is 12.4. The molecule has 1 aliphatic heterocycles. The van der Waals surface area contributed by atoms with E-state index < -0.39 is 24.0 Å². The third kappa shape index (κ3) is 9.11. The fraction of sp³-hybridized carbons (Fsp3) is 0.300. The van der Waals surface area contributed by atoms with Crippen LogP contribution in [0.2, 0.25) is 0 Å². The summed E-state index contributed by atoms with van der Waals surface area (Å²) in [5.41, 5.74) is 0.990. The lowest BCUT2D eigenvalue weighted by Crippen LogP contribution is -2.53. The quantitative estimate of drug-likeness (QED) is 0.456. The first-order valence-corrected chi connectivity index (χ1v) is 12.4. The van der Waals surface area contributed by atoms with Crippen LogP contribution in [0.4, 0.5) is 0 Å². The summed E-state index contributed by atoms with van der Waals surface area (Å²) in [5, 5.41) is 5.84. The van der Waals surface area contributed by atoms with Crippen LogP contribution in [0.3, 0.4) is 0 Å². The minimum atomic E-state index is -0.955. The van der Waals surface area contributed by atoms with Gasteiger partial charge < -0.3 is 20.1 Å². The van der Waals surface area contributed by atoms with Gasteiger partial charge in [-0.05, 0) is 30.0 Å². The Balaban J connectivity index is 1.85. The maximum Gasteiger partial charge on any atom is 0.309 e. The van der Waals surface area contributed by atoms with E-state index in [1.54, 1.807) is 36.4 Å². The Labute approximate surface area is 218 Å². The summed E-state index contributed by atoms with van der Waals surface area (Å²) in [7, 11) is 0. The molecule has 2 amide bonds. The fourth-order valence-corrected chi connectivity index (χ4v) is 3.81. The summed E-state index contributed by atoms with van der Waals surface area (Å²) in [6.07, 6.45) is 8.56. The molecule has 1 aliphatic rings. The van der Waals surface area contributed by atoms with Crippen LogP contribution >= 0.6 is 0 Å². The molecule has 0 radical (unpaired) electrons. The lowest BCUT2D eigenvalue weighted by molar-refractivity contribution is -0.144. The van der Waals surface area contributed by atoms with Gasteiger partial charge in [-0.15, -0.1) is 6.58 Å². The molecule has 1 unspecified atom stereocenters. The van der Waals surface area contributed by atoms with Gasteiger partial charge in [-0.3, -0.25) is 14.4 Å². The molecule has 37 heavy (non-hydrogen) atoms. The summed E-state index contributed by atoms with van der Waals surface area (Å²) in [6.45, 7) is 5.70. The van der Waals surface area contributed by atoms with Gasteiger partial charge >= 0.3 is 5.97 Å². The van der Waals surface area contributed by atoms with Crippen molar-refractivity contribution in [3.63, 3.8) is 0 Å². The SMILES string of the molecule is C=CC[C@@H]1NC(=O)C(Oc2ccccc2)CCOC(=O)C/C=C/[C@@H](C)[C@@H](/C=C/c2ccccc2)NC1=O. The van der Waals surface area contributed by atoms with Crippen molar-refractivity contribution >= 4 is 23.9 Å². The minimum Gasteiger partial charge on any atom is -0.480 e. The number of rotatable bonds is 6. The molecule has 0 aromatic heterocycles. The topological polar surface area (TPSA) is 93.7 Å². The van der Waals surface area contributed by atoms with Crippen molar-refractivity contribution in [3.05, 3.63) is 97.1 Å². The van der Waals surface area contributed by atoms with Gasteiger partial charge in [0.2, 0.25) is 5.91 Å². The molecule has 2 aromatic carbocycles.